The fraction of sp³-hybridized carbons (Fsp3) is 0.0909. The van der Waals surface area contributed by atoms with E-state index in [1.54, 1.807) is 37.3 Å². The van der Waals surface area contributed by atoms with Crippen LogP contribution in [0, 0.1) is 0 Å². The van der Waals surface area contributed by atoms with Crippen LogP contribution in [0.2, 0.25) is 0 Å². The predicted molar refractivity (Wildman–Crippen MR) is 119 cm³/mol. The van der Waals surface area contributed by atoms with Gasteiger partial charge in [-0.15, -0.1) is 0 Å². The maximum Gasteiger partial charge on any atom is 0.343 e. The maximum atomic E-state index is 16.9. The van der Waals surface area contributed by atoms with E-state index < -0.39 is 39.4 Å². The van der Waals surface area contributed by atoms with Crippen molar-refractivity contribution in [2.75, 3.05) is 0 Å². The number of halogens is 2. The Labute approximate surface area is 184 Å². The molecule has 3 aromatic carbocycles. The van der Waals surface area contributed by atoms with Crippen LogP contribution in [0.5, 0.6) is 0 Å². The van der Waals surface area contributed by atoms with Gasteiger partial charge in [-0.2, -0.15) is 0 Å². The Hall–Kier alpha value is -2.29. The van der Waals surface area contributed by atoms with Gasteiger partial charge in [0, 0.05) is 10.0 Å². The minimum absolute atomic E-state index is 0.0252. The highest BCUT2D eigenvalue weighted by Gasteiger charge is 2.59. The van der Waals surface area contributed by atoms with E-state index in [0.717, 1.165) is 0 Å². The standard InChI is InChI=1S/C22H18BrFO4S2/c1-2-9-17-14-15-21(23)20(16-17)22(24,29(25,26)18-10-5-3-6-11-18)30(27,28)19-12-7-4-8-13-19/h2-16H,1H3. The van der Waals surface area contributed by atoms with Gasteiger partial charge in [-0.1, -0.05) is 70.5 Å². The van der Waals surface area contributed by atoms with Crippen molar-refractivity contribution < 1.29 is 21.2 Å². The highest BCUT2D eigenvalue weighted by atomic mass is 79.9. The summed E-state index contributed by atoms with van der Waals surface area (Å²) in [6.45, 7) is 1.74. The second kappa shape index (κ2) is 8.45. The van der Waals surface area contributed by atoms with E-state index in [-0.39, 0.29) is 4.47 Å². The maximum absolute atomic E-state index is 16.9. The summed E-state index contributed by atoms with van der Waals surface area (Å²) in [5.41, 5.74) is -0.0462. The van der Waals surface area contributed by atoms with Gasteiger partial charge in [0.05, 0.1) is 9.79 Å². The normalized spacial score (nSPS) is 12.9. The molecule has 8 heteroatoms. The molecular formula is C22H18BrFO4S2. The van der Waals surface area contributed by atoms with E-state index in [0.29, 0.717) is 5.56 Å². The van der Waals surface area contributed by atoms with Gasteiger partial charge < -0.3 is 0 Å². The van der Waals surface area contributed by atoms with Gasteiger partial charge in [-0.05, 0) is 48.9 Å². The number of rotatable bonds is 6. The lowest BCUT2D eigenvalue weighted by Crippen LogP contribution is -2.40. The number of alkyl halides is 1. The first-order valence-electron chi connectivity index (χ1n) is 8.87. The third-order valence-electron chi connectivity index (χ3n) is 4.47. The van der Waals surface area contributed by atoms with Gasteiger partial charge in [-0.3, -0.25) is 0 Å². The number of allylic oxidation sites excluding steroid dienone is 1. The number of benzene rings is 3. The number of hydrogen-bond donors (Lipinski definition) is 0. The van der Waals surface area contributed by atoms with E-state index in [4.69, 9.17) is 0 Å². The van der Waals surface area contributed by atoms with Crippen LogP contribution < -0.4 is 0 Å². The Morgan fingerprint density at radius 2 is 1.27 bits per heavy atom. The largest absolute Gasteiger partial charge is 0.343 e. The van der Waals surface area contributed by atoms with Crippen LogP contribution in [0.4, 0.5) is 4.39 Å². The highest BCUT2D eigenvalue weighted by Crippen LogP contribution is 2.47. The van der Waals surface area contributed by atoms with Crippen LogP contribution >= 0.6 is 15.9 Å². The van der Waals surface area contributed by atoms with Crippen LogP contribution in [-0.4, -0.2) is 16.8 Å². The fourth-order valence-electron chi connectivity index (χ4n) is 3.00. The molecule has 0 saturated heterocycles. The van der Waals surface area contributed by atoms with Gasteiger partial charge in [-0.25, -0.2) is 21.2 Å². The van der Waals surface area contributed by atoms with E-state index in [2.05, 4.69) is 15.9 Å². The quantitative estimate of drug-likeness (QED) is 0.440. The van der Waals surface area contributed by atoms with Gasteiger partial charge in [0.25, 0.3) is 0 Å². The van der Waals surface area contributed by atoms with Crippen molar-refractivity contribution >= 4 is 41.7 Å². The van der Waals surface area contributed by atoms with Crippen LogP contribution in [0.15, 0.2) is 99.2 Å². The Kier molecular flexibility index (Phi) is 6.31. The van der Waals surface area contributed by atoms with Gasteiger partial charge in [0.1, 0.15) is 0 Å². The van der Waals surface area contributed by atoms with Crippen LogP contribution in [0.1, 0.15) is 18.1 Å². The van der Waals surface area contributed by atoms with Crippen LogP contribution in [0.3, 0.4) is 0 Å². The average molecular weight is 509 g/mol. The summed E-state index contributed by atoms with van der Waals surface area (Å²) in [7, 11) is -10.0. The molecule has 0 aliphatic rings. The highest BCUT2D eigenvalue weighted by molar-refractivity contribution is 9.10. The van der Waals surface area contributed by atoms with Gasteiger partial charge >= 0.3 is 4.33 Å². The molecule has 0 saturated carbocycles. The number of hydrogen-bond acceptors (Lipinski definition) is 4. The molecule has 156 valence electrons. The molecule has 0 atom stereocenters. The third-order valence-corrected chi connectivity index (χ3v) is 10.1. The molecule has 0 aliphatic carbocycles. The summed E-state index contributed by atoms with van der Waals surface area (Å²) >= 11 is 3.15. The lowest BCUT2D eigenvalue weighted by atomic mass is 10.1. The Morgan fingerprint density at radius 3 is 1.70 bits per heavy atom. The first-order valence-corrected chi connectivity index (χ1v) is 12.6. The molecule has 0 N–H and O–H groups in total. The molecule has 3 aromatic rings. The smallest absolute Gasteiger partial charge is 0.219 e. The minimum atomic E-state index is -5.02. The van der Waals surface area contributed by atoms with Crippen LogP contribution in [-0.2, 0) is 24.0 Å². The molecule has 0 heterocycles. The monoisotopic (exact) mass is 508 g/mol. The van der Waals surface area contributed by atoms with Crippen molar-refractivity contribution in [3.05, 3.63) is 101 Å². The molecule has 0 radical (unpaired) electrons. The molecule has 0 spiro atoms. The average Bonchev–Trinajstić information content (AvgIpc) is 2.75. The first kappa shape index (κ1) is 22.4. The zero-order valence-electron chi connectivity index (χ0n) is 15.9. The van der Waals surface area contributed by atoms with E-state index in [9.17, 15) is 16.8 Å². The summed E-state index contributed by atoms with van der Waals surface area (Å²) in [6.07, 6.45) is 3.31. The van der Waals surface area contributed by atoms with Crippen molar-refractivity contribution in [1.82, 2.24) is 0 Å². The molecule has 0 fully saturated rings. The van der Waals surface area contributed by atoms with Crippen molar-refractivity contribution in [3.8, 4) is 0 Å². The summed E-state index contributed by atoms with van der Waals surface area (Å²) in [4.78, 5) is -0.870. The Balaban J connectivity index is 2.44. The van der Waals surface area contributed by atoms with E-state index >= 15 is 4.39 Å². The van der Waals surface area contributed by atoms with E-state index in [1.165, 1.54) is 60.7 Å². The molecule has 4 nitrogen and oxygen atoms in total. The summed E-state index contributed by atoms with van der Waals surface area (Å²) in [5.74, 6) is 0. The Bertz CT molecular complexity index is 1220. The van der Waals surface area contributed by atoms with Crippen molar-refractivity contribution in [1.29, 1.82) is 0 Å². The van der Waals surface area contributed by atoms with Crippen molar-refractivity contribution in [3.63, 3.8) is 0 Å². The lowest BCUT2D eigenvalue weighted by Gasteiger charge is -2.27. The van der Waals surface area contributed by atoms with Crippen molar-refractivity contribution in [2.45, 2.75) is 21.0 Å². The van der Waals surface area contributed by atoms with Crippen molar-refractivity contribution in [2.24, 2.45) is 0 Å². The lowest BCUT2D eigenvalue weighted by molar-refractivity contribution is 0.362. The summed E-state index contributed by atoms with van der Waals surface area (Å²) < 4.78 is 67.2. The summed E-state index contributed by atoms with van der Waals surface area (Å²) in [5, 5.41) is 0. The van der Waals surface area contributed by atoms with Gasteiger partial charge in [0.15, 0.2) is 0 Å². The zero-order valence-corrected chi connectivity index (χ0v) is 19.1. The molecular weight excluding hydrogens is 491 g/mol. The minimum Gasteiger partial charge on any atom is -0.219 e. The zero-order chi connectivity index (χ0) is 22.0. The molecule has 0 bridgehead atoms. The van der Waals surface area contributed by atoms with E-state index in [1.807, 2.05) is 0 Å². The predicted octanol–water partition coefficient (Wildman–Crippen LogP) is 5.51. The first-order chi connectivity index (χ1) is 14.2. The fourth-order valence-corrected chi connectivity index (χ4v) is 8.07. The molecule has 0 aliphatic heterocycles. The molecule has 30 heavy (non-hydrogen) atoms. The van der Waals surface area contributed by atoms with Crippen LogP contribution in [0.25, 0.3) is 6.08 Å². The molecule has 3 rings (SSSR count). The molecule has 0 amide bonds. The third kappa shape index (κ3) is 3.64. The second-order valence-corrected chi connectivity index (χ2v) is 11.6. The molecule has 0 aromatic heterocycles. The molecule has 0 unspecified atom stereocenters. The topological polar surface area (TPSA) is 68.3 Å². The Morgan fingerprint density at radius 1 is 0.800 bits per heavy atom. The second-order valence-electron chi connectivity index (χ2n) is 6.41. The SMILES string of the molecule is CC=Cc1ccc(Br)c(C(F)(S(=O)(=O)c2ccccc2)S(=O)(=O)c2ccccc2)c1. The number of sulfone groups is 2. The van der Waals surface area contributed by atoms with Gasteiger partial charge in [0.2, 0.25) is 19.7 Å². The summed E-state index contributed by atoms with van der Waals surface area (Å²) in [6, 6.07) is 17.7.